The van der Waals surface area contributed by atoms with Crippen molar-refractivity contribution in [2.24, 2.45) is 0 Å². The average Bonchev–Trinajstić information content (AvgIpc) is 2.55. The van der Waals surface area contributed by atoms with Crippen molar-refractivity contribution < 1.29 is 0 Å². The van der Waals surface area contributed by atoms with Gasteiger partial charge < -0.3 is 0 Å². The number of pyridine rings is 3. The molecule has 0 aliphatic heterocycles. The van der Waals surface area contributed by atoms with Gasteiger partial charge in [0.15, 0.2) is 0 Å². The number of alkyl halides is 2. The van der Waals surface area contributed by atoms with Crippen LogP contribution in [-0.2, 0) is 0 Å². The summed E-state index contributed by atoms with van der Waals surface area (Å²) in [4.78, 5) is 13.7. The Balaban J connectivity index is 2.03. The third-order valence-electron chi connectivity index (χ3n) is 2.98. The quantitative estimate of drug-likeness (QED) is 0.351. The topological polar surface area (TPSA) is 38.7 Å². The van der Waals surface area contributed by atoms with E-state index >= 15 is 0 Å². The molecular formula is C16H10Br3N3. The van der Waals surface area contributed by atoms with Crippen LogP contribution < -0.4 is 0 Å². The molecule has 0 N–H and O–H groups in total. The van der Waals surface area contributed by atoms with Crippen LogP contribution in [0.5, 0.6) is 0 Å². The highest BCUT2D eigenvalue weighted by Gasteiger charge is 2.09. The Morgan fingerprint density at radius 3 is 1.73 bits per heavy atom. The fourth-order valence-corrected chi connectivity index (χ4v) is 2.84. The zero-order chi connectivity index (χ0) is 15.5. The Hall–Kier alpha value is -1.11. The van der Waals surface area contributed by atoms with Crippen molar-refractivity contribution in [1.82, 2.24) is 15.0 Å². The molecule has 3 heterocycles. The summed E-state index contributed by atoms with van der Waals surface area (Å²) in [5.74, 6) is 0. The molecule has 6 heteroatoms. The lowest BCUT2D eigenvalue weighted by Gasteiger charge is -2.07. The molecule has 0 atom stereocenters. The van der Waals surface area contributed by atoms with Gasteiger partial charge in [0.25, 0.3) is 0 Å². The van der Waals surface area contributed by atoms with Crippen LogP contribution in [-0.4, -0.2) is 15.0 Å². The van der Waals surface area contributed by atoms with Gasteiger partial charge in [0, 0.05) is 0 Å². The summed E-state index contributed by atoms with van der Waals surface area (Å²) in [6.07, 6.45) is 0. The minimum Gasteiger partial charge on any atom is -0.249 e. The van der Waals surface area contributed by atoms with Crippen molar-refractivity contribution in [3.05, 3.63) is 64.9 Å². The molecule has 0 fully saturated rings. The number of hydrogen-bond acceptors (Lipinski definition) is 3. The monoisotopic (exact) mass is 481 g/mol. The van der Waals surface area contributed by atoms with E-state index in [1.165, 1.54) is 0 Å². The average molecular weight is 484 g/mol. The van der Waals surface area contributed by atoms with E-state index in [0.29, 0.717) is 0 Å². The van der Waals surface area contributed by atoms with Gasteiger partial charge in [0.05, 0.1) is 28.5 Å². The molecule has 0 unspecified atom stereocenters. The summed E-state index contributed by atoms with van der Waals surface area (Å²) in [6, 6.07) is 17.5. The van der Waals surface area contributed by atoms with Gasteiger partial charge in [-0.25, -0.2) is 15.0 Å². The van der Waals surface area contributed by atoms with Crippen molar-refractivity contribution in [3.8, 4) is 22.8 Å². The molecule has 0 bridgehead atoms. The first-order valence-electron chi connectivity index (χ1n) is 6.49. The van der Waals surface area contributed by atoms with E-state index in [1.54, 1.807) is 0 Å². The molecule has 0 saturated carbocycles. The van der Waals surface area contributed by atoms with Crippen LogP contribution in [0.2, 0.25) is 0 Å². The van der Waals surface area contributed by atoms with E-state index < -0.39 is 0 Å². The Bertz CT molecular complexity index is 806. The van der Waals surface area contributed by atoms with Gasteiger partial charge in [0.1, 0.15) is 8.34 Å². The number of hydrogen-bond donors (Lipinski definition) is 0. The summed E-state index contributed by atoms with van der Waals surface area (Å²) in [6.45, 7) is 0. The molecule has 0 aromatic carbocycles. The smallest absolute Gasteiger partial charge is 0.112 e. The molecule has 0 aliphatic rings. The second kappa shape index (κ2) is 6.98. The summed E-state index contributed by atoms with van der Waals surface area (Å²) in [5, 5.41) is 0. The second-order valence-corrected chi connectivity index (χ2v) is 8.37. The van der Waals surface area contributed by atoms with Crippen molar-refractivity contribution in [3.63, 3.8) is 0 Å². The first-order chi connectivity index (χ1) is 10.6. The second-order valence-electron chi connectivity index (χ2n) is 4.50. The Morgan fingerprint density at radius 2 is 1.14 bits per heavy atom. The zero-order valence-electron chi connectivity index (χ0n) is 11.2. The minimum absolute atomic E-state index is 0.0230. The molecule has 3 nitrogen and oxygen atoms in total. The Labute approximate surface area is 153 Å². The number of rotatable bonds is 3. The molecule has 22 heavy (non-hydrogen) atoms. The van der Waals surface area contributed by atoms with Crippen LogP contribution in [0.15, 0.2) is 59.2 Å². The van der Waals surface area contributed by atoms with Gasteiger partial charge in [-0.05, 0) is 52.3 Å². The van der Waals surface area contributed by atoms with Crippen molar-refractivity contribution in [2.45, 2.75) is 3.74 Å². The molecule has 0 spiro atoms. The molecule has 3 rings (SSSR count). The first kappa shape index (κ1) is 15.8. The third kappa shape index (κ3) is 3.62. The van der Waals surface area contributed by atoms with E-state index in [9.17, 15) is 0 Å². The van der Waals surface area contributed by atoms with Crippen molar-refractivity contribution in [1.29, 1.82) is 0 Å². The largest absolute Gasteiger partial charge is 0.249 e. The number of aromatic nitrogens is 3. The molecule has 0 amide bonds. The van der Waals surface area contributed by atoms with Crippen LogP contribution in [0.3, 0.4) is 0 Å². The Morgan fingerprint density at radius 1 is 0.636 bits per heavy atom. The molecule has 0 saturated heterocycles. The standard InChI is InChI=1S/C16H10Br3N3/c17-15-9-3-7-13(22-15)12-5-1-4-10(20-12)11-6-2-8-14(21-11)16(18)19/h1-9,16H. The van der Waals surface area contributed by atoms with Crippen LogP contribution in [0.4, 0.5) is 0 Å². The summed E-state index contributed by atoms with van der Waals surface area (Å²) in [5.41, 5.74) is 4.21. The molecule has 3 aromatic heterocycles. The van der Waals surface area contributed by atoms with Crippen molar-refractivity contribution >= 4 is 47.8 Å². The normalized spacial score (nSPS) is 10.9. The maximum atomic E-state index is 4.68. The fourth-order valence-electron chi connectivity index (χ4n) is 1.99. The first-order valence-corrected chi connectivity index (χ1v) is 9.11. The van der Waals surface area contributed by atoms with Gasteiger partial charge >= 0.3 is 0 Å². The molecular weight excluding hydrogens is 474 g/mol. The molecule has 3 aromatic rings. The molecule has 0 radical (unpaired) electrons. The van der Waals surface area contributed by atoms with Crippen LogP contribution in [0.1, 0.15) is 9.43 Å². The van der Waals surface area contributed by atoms with E-state index in [0.717, 1.165) is 33.1 Å². The summed E-state index contributed by atoms with van der Waals surface area (Å²) in [7, 11) is 0. The fraction of sp³-hybridized carbons (Fsp3) is 0.0625. The zero-order valence-corrected chi connectivity index (χ0v) is 16.0. The summed E-state index contributed by atoms with van der Waals surface area (Å²) < 4.78 is 0.814. The van der Waals surface area contributed by atoms with E-state index in [2.05, 4.69) is 62.7 Å². The van der Waals surface area contributed by atoms with Crippen molar-refractivity contribution in [2.75, 3.05) is 0 Å². The lowest BCUT2D eigenvalue weighted by molar-refractivity contribution is 1.15. The van der Waals surface area contributed by atoms with Crippen LogP contribution in [0.25, 0.3) is 22.8 Å². The number of halogens is 3. The predicted molar refractivity (Wildman–Crippen MR) is 99.0 cm³/mol. The molecule has 110 valence electrons. The van der Waals surface area contributed by atoms with Crippen LogP contribution in [0, 0.1) is 0 Å². The van der Waals surface area contributed by atoms with Gasteiger partial charge in [0.2, 0.25) is 0 Å². The van der Waals surface area contributed by atoms with E-state index in [-0.39, 0.29) is 3.74 Å². The van der Waals surface area contributed by atoms with E-state index in [4.69, 9.17) is 0 Å². The van der Waals surface area contributed by atoms with Gasteiger partial charge in [-0.1, -0.05) is 50.1 Å². The SMILES string of the molecule is Brc1cccc(-c2cccc(-c3cccc(C(Br)Br)n3)n2)n1. The maximum Gasteiger partial charge on any atom is 0.112 e. The summed E-state index contributed by atoms with van der Waals surface area (Å²) >= 11 is 10.3. The highest BCUT2D eigenvalue weighted by Crippen LogP contribution is 2.29. The Kier molecular flexibility index (Phi) is 5.00. The number of nitrogens with zero attached hydrogens (tertiary/aromatic N) is 3. The van der Waals surface area contributed by atoms with Gasteiger partial charge in [-0.3, -0.25) is 0 Å². The van der Waals surface area contributed by atoms with E-state index in [1.807, 2.05) is 54.6 Å². The molecule has 0 aliphatic carbocycles. The highest BCUT2D eigenvalue weighted by molar-refractivity contribution is 9.24. The lowest BCUT2D eigenvalue weighted by atomic mass is 10.2. The van der Waals surface area contributed by atoms with Gasteiger partial charge in [-0.15, -0.1) is 0 Å². The highest BCUT2D eigenvalue weighted by atomic mass is 79.9. The van der Waals surface area contributed by atoms with Gasteiger partial charge in [-0.2, -0.15) is 0 Å². The minimum atomic E-state index is 0.0230. The van der Waals surface area contributed by atoms with Crippen LogP contribution >= 0.6 is 47.8 Å². The predicted octanol–water partition coefficient (Wildman–Crippen LogP) is 5.76. The lowest BCUT2D eigenvalue weighted by Crippen LogP contribution is -1.94. The maximum absolute atomic E-state index is 4.68. The third-order valence-corrected chi connectivity index (χ3v) is 4.36.